The van der Waals surface area contributed by atoms with E-state index in [9.17, 15) is 0 Å². The predicted molar refractivity (Wildman–Crippen MR) is 104 cm³/mol. The van der Waals surface area contributed by atoms with Crippen LogP contribution in [0.1, 0.15) is 82.1 Å². The minimum Gasteiger partial charge on any atom is -0.375 e. The molecule has 0 saturated carbocycles. The normalized spacial score (nSPS) is 47.0. The Morgan fingerprint density at radius 1 is 0.667 bits per heavy atom. The molecule has 10 atom stereocenters. The SMILES string of the molecule is CCC(C)C1OC(C)C(C)C1C.CCC1OC(C)C(C)C(C)C1C. The summed E-state index contributed by atoms with van der Waals surface area (Å²) in [6, 6.07) is 0. The van der Waals surface area contributed by atoms with Gasteiger partial charge in [-0.3, -0.25) is 0 Å². The average Bonchev–Trinajstić information content (AvgIpc) is 2.83. The molecule has 0 amide bonds. The molecule has 144 valence electrons. The van der Waals surface area contributed by atoms with Gasteiger partial charge in [-0.2, -0.15) is 0 Å². The lowest BCUT2D eigenvalue weighted by Crippen LogP contribution is -2.42. The van der Waals surface area contributed by atoms with E-state index in [0.717, 1.165) is 30.1 Å². The Kier molecular flexibility index (Phi) is 8.76. The molecule has 2 aliphatic rings. The third kappa shape index (κ3) is 4.97. The van der Waals surface area contributed by atoms with Gasteiger partial charge in [0.25, 0.3) is 0 Å². The summed E-state index contributed by atoms with van der Waals surface area (Å²) in [5, 5.41) is 0. The number of rotatable bonds is 3. The molecule has 0 aromatic carbocycles. The smallest absolute Gasteiger partial charge is 0.0633 e. The molecule has 10 unspecified atom stereocenters. The lowest BCUT2D eigenvalue weighted by atomic mass is 9.76. The van der Waals surface area contributed by atoms with Gasteiger partial charge >= 0.3 is 0 Å². The van der Waals surface area contributed by atoms with Crippen LogP contribution in [-0.4, -0.2) is 24.4 Å². The average molecular weight is 341 g/mol. The Balaban J connectivity index is 0.000000240. The minimum atomic E-state index is 0.446. The predicted octanol–water partition coefficient (Wildman–Crippen LogP) is 6.18. The molecular formula is C22H44O2. The van der Waals surface area contributed by atoms with Gasteiger partial charge < -0.3 is 9.47 Å². The van der Waals surface area contributed by atoms with E-state index in [4.69, 9.17) is 9.47 Å². The molecule has 2 nitrogen and oxygen atoms in total. The second kappa shape index (κ2) is 9.57. The summed E-state index contributed by atoms with van der Waals surface area (Å²) < 4.78 is 11.9. The lowest BCUT2D eigenvalue weighted by molar-refractivity contribution is -0.125. The first-order chi connectivity index (χ1) is 11.1. The van der Waals surface area contributed by atoms with E-state index in [1.165, 1.54) is 6.42 Å². The number of hydrogen-bond donors (Lipinski definition) is 0. The fourth-order valence-corrected chi connectivity index (χ4v) is 4.34. The van der Waals surface area contributed by atoms with E-state index in [1.807, 2.05) is 0 Å². The maximum Gasteiger partial charge on any atom is 0.0633 e. The van der Waals surface area contributed by atoms with Gasteiger partial charge in [-0.25, -0.2) is 0 Å². The van der Waals surface area contributed by atoms with Crippen molar-refractivity contribution in [3.8, 4) is 0 Å². The van der Waals surface area contributed by atoms with Gasteiger partial charge in [0.15, 0.2) is 0 Å². The molecule has 0 bridgehead atoms. The fourth-order valence-electron chi connectivity index (χ4n) is 4.34. The van der Waals surface area contributed by atoms with Crippen LogP contribution >= 0.6 is 0 Å². The molecule has 0 N–H and O–H groups in total. The third-order valence-electron chi connectivity index (χ3n) is 7.44. The summed E-state index contributed by atoms with van der Waals surface area (Å²) >= 11 is 0. The van der Waals surface area contributed by atoms with Crippen LogP contribution in [0.3, 0.4) is 0 Å². The van der Waals surface area contributed by atoms with Crippen LogP contribution in [0.2, 0.25) is 0 Å². The van der Waals surface area contributed by atoms with Gasteiger partial charge in [-0.05, 0) is 55.8 Å². The zero-order valence-electron chi connectivity index (χ0n) is 18.0. The van der Waals surface area contributed by atoms with Crippen molar-refractivity contribution in [1.82, 2.24) is 0 Å². The Bertz CT molecular complexity index is 351. The van der Waals surface area contributed by atoms with Crippen LogP contribution in [0.5, 0.6) is 0 Å². The van der Waals surface area contributed by atoms with Crippen molar-refractivity contribution in [3.05, 3.63) is 0 Å². The molecule has 0 aromatic heterocycles. The van der Waals surface area contributed by atoms with Crippen LogP contribution < -0.4 is 0 Å². The molecule has 24 heavy (non-hydrogen) atoms. The van der Waals surface area contributed by atoms with Crippen LogP contribution in [-0.2, 0) is 9.47 Å². The molecule has 2 fully saturated rings. The highest BCUT2D eigenvalue weighted by atomic mass is 16.5. The van der Waals surface area contributed by atoms with Crippen molar-refractivity contribution in [2.45, 2.75) is 106 Å². The second-order valence-electron chi connectivity index (χ2n) is 8.77. The fraction of sp³-hybridized carbons (Fsp3) is 1.00. The first-order valence-corrected chi connectivity index (χ1v) is 10.5. The standard InChI is InChI=1S/2C11H22O/c1-6-11-9(4)7(2)8(3)10(5)12-11;1-6-7(2)11-9(4)8(3)10(5)12-11/h2*7-11H,6H2,1-5H3. The molecular weight excluding hydrogens is 296 g/mol. The summed E-state index contributed by atoms with van der Waals surface area (Å²) in [5.74, 6) is 4.41. The highest BCUT2D eigenvalue weighted by Gasteiger charge is 2.38. The van der Waals surface area contributed by atoms with Gasteiger partial charge in [0.2, 0.25) is 0 Å². The van der Waals surface area contributed by atoms with Crippen LogP contribution in [0.4, 0.5) is 0 Å². The van der Waals surface area contributed by atoms with E-state index < -0.39 is 0 Å². The summed E-state index contributed by atoms with van der Waals surface area (Å²) in [4.78, 5) is 0. The lowest BCUT2D eigenvalue weighted by Gasteiger charge is -2.42. The highest BCUT2D eigenvalue weighted by molar-refractivity contribution is 4.86. The van der Waals surface area contributed by atoms with E-state index in [2.05, 4.69) is 69.2 Å². The van der Waals surface area contributed by atoms with Crippen LogP contribution in [0.15, 0.2) is 0 Å². The van der Waals surface area contributed by atoms with Gasteiger partial charge in [-0.15, -0.1) is 0 Å². The molecule has 2 rings (SSSR count). The van der Waals surface area contributed by atoms with E-state index in [-0.39, 0.29) is 0 Å². The molecule has 2 heterocycles. The minimum absolute atomic E-state index is 0.446. The molecule has 0 aromatic rings. The number of ether oxygens (including phenoxy) is 2. The summed E-state index contributed by atoms with van der Waals surface area (Å²) in [6.07, 6.45) is 4.28. The Hall–Kier alpha value is -0.0800. The van der Waals surface area contributed by atoms with Gasteiger partial charge in [0.05, 0.1) is 24.4 Å². The van der Waals surface area contributed by atoms with Crippen molar-refractivity contribution in [2.75, 3.05) is 0 Å². The Morgan fingerprint density at radius 2 is 1.17 bits per heavy atom. The van der Waals surface area contributed by atoms with E-state index in [0.29, 0.717) is 36.3 Å². The van der Waals surface area contributed by atoms with Gasteiger partial charge in [-0.1, -0.05) is 61.8 Å². The first kappa shape index (κ1) is 22.0. The Morgan fingerprint density at radius 3 is 1.58 bits per heavy atom. The molecule has 2 saturated heterocycles. The van der Waals surface area contributed by atoms with Crippen molar-refractivity contribution in [1.29, 1.82) is 0 Å². The topological polar surface area (TPSA) is 18.5 Å². The van der Waals surface area contributed by atoms with Crippen LogP contribution in [0, 0.1) is 35.5 Å². The summed E-state index contributed by atoms with van der Waals surface area (Å²) in [5.41, 5.74) is 0. The van der Waals surface area contributed by atoms with Crippen molar-refractivity contribution in [3.63, 3.8) is 0 Å². The zero-order chi connectivity index (χ0) is 18.6. The third-order valence-corrected chi connectivity index (χ3v) is 7.44. The highest BCUT2D eigenvalue weighted by Crippen LogP contribution is 2.37. The summed E-state index contributed by atoms with van der Waals surface area (Å²) in [7, 11) is 0. The molecule has 0 spiro atoms. The molecule has 0 radical (unpaired) electrons. The maximum atomic E-state index is 5.94. The van der Waals surface area contributed by atoms with Crippen molar-refractivity contribution >= 4 is 0 Å². The van der Waals surface area contributed by atoms with Gasteiger partial charge in [0, 0.05) is 0 Å². The van der Waals surface area contributed by atoms with E-state index >= 15 is 0 Å². The molecule has 2 aliphatic heterocycles. The summed E-state index contributed by atoms with van der Waals surface area (Å²) in [6.45, 7) is 22.8. The van der Waals surface area contributed by atoms with Crippen molar-refractivity contribution < 1.29 is 9.47 Å². The number of hydrogen-bond acceptors (Lipinski definition) is 2. The van der Waals surface area contributed by atoms with E-state index in [1.54, 1.807) is 0 Å². The molecule has 0 aliphatic carbocycles. The largest absolute Gasteiger partial charge is 0.375 e. The van der Waals surface area contributed by atoms with Crippen molar-refractivity contribution in [2.24, 2.45) is 35.5 Å². The Labute approximate surface area is 152 Å². The maximum absolute atomic E-state index is 5.94. The zero-order valence-corrected chi connectivity index (χ0v) is 18.0. The monoisotopic (exact) mass is 340 g/mol. The van der Waals surface area contributed by atoms with Gasteiger partial charge in [0.1, 0.15) is 0 Å². The first-order valence-electron chi connectivity index (χ1n) is 10.5. The quantitative estimate of drug-likeness (QED) is 0.610. The second-order valence-corrected chi connectivity index (χ2v) is 8.77. The van der Waals surface area contributed by atoms with Crippen LogP contribution in [0.25, 0.3) is 0 Å². The molecule has 2 heteroatoms.